The number of thiophene rings is 1. The number of anilines is 1. The third kappa shape index (κ3) is 4.68. The maximum absolute atomic E-state index is 10.4. The molecule has 0 radical (unpaired) electrons. The highest BCUT2D eigenvalue weighted by Crippen LogP contribution is 2.44. The van der Waals surface area contributed by atoms with Gasteiger partial charge >= 0.3 is 0 Å². The highest BCUT2D eigenvalue weighted by atomic mass is 32.1. The molecule has 6 rings (SSSR count). The van der Waals surface area contributed by atoms with Gasteiger partial charge in [-0.15, -0.1) is 11.3 Å². The summed E-state index contributed by atoms with van der Waals surface area (Å²) in [7, 11) is 1.73. The van der Waals surface area contributed by atoms with Crippen LogP contribution in [0.25, 0.3) is 26.0 Å². The van der Waals surface area contributed by atoms with E-state index in [-0.39, 0.29) is 6.10 Å². The fourth-order valence-electron chi connectivity index (χ4n) is 5.84. The number of rotatable bonds is 6. The number of methoxy groups -OCH3 is 1. The SMILES string of the molecule is COc1cc(C)cc2cc(-c3c(CN4CCCC(O)C4)c(CN4CCNCC4)n4ncnc(N)c34)sc12. The van der Waals surface area contributed by atoms with E-state index in [1.807, 2.05) is 4.52 Å². The van der Waals surface area contributed by atoms with Crippen LogP contribution in [0.3, 0.4) is 0 Å². The lowest BCUT2D eigenvalue weighted by Gasteiger charge is -2.31. The molecular weight excluding hydrogens is 486 g/mol. The van der Waals surface area contributed by atoms with Crippen molar-refractivity contribution in [3.63, 3.8) is 0 Å². The largest absolute Gasteiger partial charge is 0.495 e. The molecule has 0 aliphatic carbocycles. The first kappa shape index (κ1) is 24.6. The number of β-amino-alcohol motifs (C(OH)–C–C–N with tert-alkyl or cyclic N) is 1. The number of aryl methyl sites for hydroxylation is 1. The molecule has 0 saturated carbocycles. The van der Waals surface area contributed by atoms with Crippen LogP contribution in [0.2, 0.25) is 0 Å². The predicted molar refractivity (Wildman–Crippen MR) is 148 cm³/mol. The number of nitrogens with one attached hydrogen (secondary N) is 1. The summed E-state index contributed by atoms with van der Waals surface area (Å²) in [5, 5.41) is 19.8. The van der Waals surface area contributed by atoms with E-state index in [4.69, 9.17) is 15.6 Å². The molecule has 2 aliphatic heterocycles. The minimum absolute atomic E-state index is 0.285. The number of piperidine rings is 1. The topological polar surface area (TPSA) is 104 Å². The third-order valence-electron chi connectivity index (χ3n) is 7.60. The van der Waals surface area contributed by atoms with E-state index in [9.17, 15) is 5.11 Å². The van der Waals surface area contributed by atoms with E-state index in [2.05, 4.69) is 45.2 Å². The summed E-state index contributed by atoms with van der Waals surface area (Å²) in [5.74, 6) is 1.37. The molecule has 4 N–H and O–H groups in total. The number of hydrogen-bond donors (Lipinski definition) is 3. The van der Waals surface area contributed by atoms with Crippen LogP contribution < -0.4 is 15.8 Å². The number of nitrogens with two attached hydrogens (primary N) is 1. The lowest BCUT2D eigenvalue weighted by atomic mass is 10.0. The fraction of sp³-hybridized carbons (Fsp3) is 0.481. The van der Waals surface area contributed by atoms with E-state index in [0.717, 1.165) is 96.1 Å². The number of aliphatic hydroxyl groups is 1. The fourth-order valence-corrected chi connectivity index (χ4v) is 7.04. The van der Waals surface area contributed by atoms with Crippen LogP contribution in [0, 0.1) is 6.92 Å². The van der Waals surface area contributed by atoms with Gasteiger partial charge in [-0.25, -0.2) is 9.50 Å². The maximum Gasteiger partial charge on any atom is 0.152 e. The Balaban J connectivity index is 1.56. The van der Waals surface area contributed by atoms with Gasteiger partial charge in [-0.1, -0.05) is 6.07 Å². The van der Waals surface area contributed by atoms with Gasteiger partial charge in [0.1, 0.15) is 17.6 Å². The Morgan fingerprint density at radius 2 is 2.00 bits per heavy atom. The molecule has 0 amide bonds. The number of fused-ring (bicyclic) bond motifs is 2. The predicted octanol–water partition coefficient (Wildman–Crippen LogP) is 2.87. The summed E-state index contributed by atoms with van der Waals surface area (Å²) in [6, 6.07) is 6.54. The summed E-state index contributed by atoms with van der Waals surface area (Å²) >= 11 is 1.73. The van der Waals surface area contributed by atoms with Crippen LogP contribution in [-0.2, 0) is 13.1 Å². The van der Waals surface area contributed by atoms with Gasteiger partial charge in [0, 0.05) is 61.8 Å². The molecule has 2 saturated heterocycles. The standard InChI is InChI=1S/C27H35N7O2S/c1-17-10-18-12-23(37-26(18)22(11-17)36-2)24-20(14-33-7-3-4-19(35)13-33)21(15-32-8-5-29-6-9-32)34-25(24)27(28)30-16-31-34/h10-12,16,19,29,35H,3-9,13-15H2,1-2H3,(H2,28,30,31). The van der Waals surface area contributed by atoms with Gasteiger partial charge in [-0.05, 0) is 49.4 Å². The Labute approximate surface area is 220 Å². The Morgan fingerprint density at radius 3 is 2.78 bits per heavy atom. The van der Waals surface area contributed by atoms with Gasteiger partial charge in [-0.2, -0.15) is 5.10 Å². The molecule has 0 spiro atoms. The van der Waals surface area contributed by atoms with Crippen LogP contribution in [0.4, 0.5) is 5.82 Å². The number of aromatic nitrogens is 3. The lowest BCUT2D eigenvalue weighted by Crippen LogP contribution is -2.43. The number of hydrogen-bond acceptors (Lipinski definition) is 9. The van der Waals surface area contributed by atoms with Crippen LogP contribution >= 0.6 is 11.3 Å². The smallest absolute Gasteiger partial charge is 0.152 e. The van der Waals surface area contributed by atoms with Gasteiger partial charge < -0.3 is 20.9 Å². The molecule has 1 unspecified atom stereocenters. The van der Waals surface area contributed by atoms with Crippen molar-refractivity contribution in [2.24, 2.45) is 0 Å². The van der Waals surface area contributed by atoms with Crippen molar-refractivity contribution in [1.82, 2.24) is 29.7 Å². The summed E-state index contributed by atoms with van der Waals surface area (Å²) in [6.07, 6.45) is 3.13. The van der Waals surface area contributed by atoms with Crippen molar-refractivity contribution in [3.8, 4) is 16.2 Å². The minimum atomic E-state index is -0.285. The molecule has 4 aromatic rings. The summed E-state index contributed by atoms with van der Waals surface area (Å²) in [5.41, 5.74) is 12.1. The number of benzene rings is 1. The zero-order valence-electron chi connectivity index (χ0n) is 21.5. The second-order valence-corrected chi connectivity index (χ2v) is 11.3. The molecule has 1 atom stereocenters. The normalized spacial score (nSPS) is 19.7. The number of nitrogen functional groups attached to an aromatic ring is 1. The average molecular weight is 522 g/mol. The molecule has 3 aromatic heterocycles. The van der Waals surface area contributed by atoms with E-state index < -0.39 is 0 Å². The molecule has 37 heavy (non-hydrogen) atoms. The highest BCUT2D eigenvalue weighted by molar-refractivity contribution is 7.22. The van der Waals surface area contributed by atoms with E-state index in [1.165, 1.54) is 11.1 Å². The zero-order valence-corrected chi connectivity index (χ0v) is 22.4. The molecule has 2 fully saturated rings. The molecular formula is C27H35N7O2S. The van der Waals surface area contributed by atoms with E-state index >= 15 is 0 Å². The van der Waals surface area contributed by atoms with Gasteiger partial charge in [0.15, 0.2) is 5.82 Å². The highest BCUT2D eigenvalue weighted by Gasteiger charge is 2.28. The van der Waals surface area contributed by atoms with Crippen molar-refractivity contribution in [2.45, 2.75) is 39.0 Å². The first-order chi connectivity index (χ1) is 18.0. The second kappa shape index (κ2) is 10.2. The average Bonchev–Trinajstić information content (AvgIpc) is 3.44. The number of ether oxygens (including phenoxy) is 1. The van der Waals surface area contributed by atoms with Crippen LogP contribution in [0.15, 0.2) is 24.5 Å². The molecule has 10 heteroatoms. The summed E-state index contributed by atoms with van der Waals surface area (Å²) in [6.45, 7) is 9.22. The first-order valence-corrected chi connectivity index (χ1v) is 13.9. The molecule has 196 valence electrons. The molecule has 2 aliphatic rings. The zero-order chi connectivity index (χ0) is 25.5. The van der Waals surface area contributed by atoms with Crippen molar-refractivity contribution < 1.29 is 9.84 Å². The molecule has 9 nitrogen and oxygen atoms in total. The number of likely N-dealkylation sites (tertiary alicyclic amines) is 1. The van der Waals surface area contributed by atoms with Crippen molar-refractivity contribution >= 4 is 32.8 Å². The molecule has 1 aromatic carbocycles. The van der Waals surface area contributed by atoms with Gasteiger partial charge in [0.25, 0.3) is 0 Å². The van der Waals surface area contributed by atoms with Crippen molar-refractivity contribution in [1.29, 1.82) is 0 Å². The first-order valence-electron chi connectivity index (χ1n) is 13.1. The van der Waals surface area contributed by atoms with Crippen LogP contribution in [0.1, 0.15) is 29.7 Å². The third-order valence-corrected chi connectivity index (χ3v) is 8.78. The quantitative estimate of drug-likeness (QED) is 0.356. The molecule has 0 bridgehead atoms. The van der Waals surface area contributed by atoms with Crippen molar-refractivity contribution in [3.05, 3.63) is 41.3 Å². The van der Waals surface area contributed by atoms with E-state index in [1.54, 1.807) is 24.8 Å². The van der Waals surface area contributed by atoms with Crippen molar-refractivity contribution in [2.75, 3.05) is 52.1 Å². The Morgan fingerprint density at radius 1 is 1.16 bits per heavy atom. The summed E-state index contributed by atoms with van der Waals surface area (Å²) in [4.78, 5) is 10.4. The van der Waals surface area contributed by atoms with E-state index in [0.29, 0.717) is 12.4 Å². The summed E-state index contributed by atoms with van der Waals surface area (Å²) < 4.78 is 8.89. The Hall–Kier alpha value is -2.76. The Kier molecular flexibility index (Phi) is 6.76. The second-order valence-electron chi connectivity index (χ2n) is 10.3. The van der Waals surface area contributed by atoms with Gasteiger partial charge in [0.2, 0.25) is 0 Å². The van der Waals surface area contributed by atoms with Crippen LogP contribution in [0.5, 0.6) is 5.75 Å². The maximum atomic E-state index is 10.4. The minimum Gasteiger partial charge on any atom is -0.495 e. The number of piperazine rings is 1. The van der Waals surface area contributed by atoms with Gasteiger partial charge in [0.05, 0.1) is 23.6 Å². The molecule has 5 heterocycles. The van der Waals surface area contributed by atoms with Gasteiger partial charge in [-0.3, -0.25) is 9.80 Å². The lowest BCUT2D eigenvalue weighted by molar-refractivity contribution is 0.0666. The number of aliphatic hydroxyl groups excluding tert-OH is 1. The monoisotopic (exact) mass is 521 g/mol. The van der Waals surface area contributed by atoms with Crippen LogP contribution in [-0.4, -0.2) is 82.0 Å². The Bertz CT molecular complexity index is 1430. The number of nitrogens with zero attached hydrogens (tertiary/aromatic N) is 5.